The van der Waals surface area contributed by atoms with Crippen molar-refractivity contribution in [2.24, 2.45) is 0 Å². The molecule has 2 aliphatic heterocycles. The molecule has 9 heteroatoms. The predicted octanol–water partition coefficient (Wildman–Crippen LogP) is 3.79. The molecule has 6 rings (SSSR count). The topological polar surface area (TPSA) is 103 Å². The molecule has 3 heterocycles. The number of hydrogen-bond acceptors (Lipinski definition) is 7. The lowest BCUT2D eigenvalue weighted by Crippen LogP contribution is -2.46. The molecule has 0 N–H and O–H groups in total. The number of carbonyl (C=O) groups is 1. The van der Waals surface area contributed by atoms with Crippen molar-refractivity contribution >= 4 is 28.7 Å². The van der Waals surface area contributed by atoms with Gasteiger partial charge in [0.25, 0.3) is 5.91 Å². The summed E-state index contributed by atoms with van der Waals surface area (Å²) in [5.74, 6) is -0.455. The Hall–Kier alpha value is -4.53. The van der Waals surface area contributed by atoms with E-state index in [2.05, 4.69) is 10.3 Å². The lowest BCUT2D eigenvalue weighted by atomic mass is 9.86. The highest BCUT2D eigenvalue weighted by molar-refractivity contribution is 5.96. The van der Waals surface area contributed by atoms with Crippen molar-refractivity contribution in [3.63, 3.8) is 0 Å². The zero-order chi connectivity index (χ0) is 24.1. The SMILES string of the molecule is COc1ccc([C@@H]2[C@@H]([N+](=O)[O-])[C@@H]3C=Cc4ccccc4N3[C@@H]2C(=O)n2nnc3ccccc32)cc1. The average molecular weight is 467 g/mol. The molecule has 0 bridgehead atoms. The summed E-state index contributed by atoms with van der Waals surface area (Å²) < 4.78 is 6.56. The van der Waals surface area contributed by atoms with E-state index < -0.39 is 24.0 Å². The average Bonchev–Trinajstić information content (AvgIpc) is 3.48. The van der Waals surface area contributed by atoms with Crippen molar-refractivity contribution in [3.05, 3.63) is 100 Å². The fourth-order valence-electron chi connectivity index (χ4n) is 5.40. The highest BCUT2D eigenvalue weighted by Gasteiger charge is 2.59. The van der Waals surface area contributed by atoms with Crippen LogP contribution in [0.15, 0.2) is 78.9 Å². The third-order valence-corrected chi connectivity index (χ3v) is 6.92. The maximum Gasteiger partial charge on any atom is 0.272 e. The van der Waals surface area contributed by atoms with Gasteiger partial charge in [0.2, 0.25) is 6.04 Å². The molecule has 0 aliphatic carbocycles. The van der Waals surface area contributed by atoms with Crippen LogP contribution < -0.4 is 9.64 Å². The van der Waals surface area contributed by atoms with Crippen LogP contribution >= 0.6 is 0 Å². The van der Waals surface area contributed by atoms with Crippen LogP contribution in [0.5, 0.6) is 5.75 Å². The van der Waals surface area contributed by atoms with Gasteiger partial charge in [0.1, 0.15) is 23.3 Å². The largest absolute Gasteiger partial charge is 0.497 e. The minimum Gasteiger partial charge on any atom is -0.497 e. The number of aromatic nitrogens is 3. The number of ether oxygens (including phenoxy) is 1. The lowest BCUT2D eigenvalue weighted by Gasteiger charge is -2.33. The van der Waals surface area contributed by atoms with E-state index in [0.717, 1.165) is 11.3 Å². The molecular formula is C26H21N5O4. The van der Waals surface area contributed by atoms with E-state index in [1.165, 1.54) is 4.68 Å². The van der Waals surface area contributed by atoms with Crippen molar-refractivity contribution < 1.29 is 14.5 Å². The first-order chi connectivity index (χ1) is 17.1. The molecule has 1 aromatic heterocycles. The first-order valence-electron chi connectivity index (χ1n) is 11.3. The smallest absolute Gasteiger partial charge is 0.272 e. The summed E-state index contributed by atoms with van der Waals surface area (Å²) in [4.78, 5) is 28.3. The van der Waals surface area contributed by atoms with Crippen molar-refractivity contribution in [1.29, 1.82) is 0 Å². The number of carbonyl (C=O) groups excluding carboxylic acids is 1. The molecule has 35 heavy (non-hydrogen) atoms. The third-order valence-electron chi connectivity index (χ3n) is 6.92. The monoisotopic (exact) mass is 467 g/mol. The van der Waals surface area contributed by atoms with Crippen LogP contribution in [0.25, 0.3) is 17.1 Å². The zero-order valence-corrected chi connectivity index (χ0v) is 18.8. The van der Waals surface area contributed by atoms with Crippen molar-refractivity contribution in [2.45, 2.75) is 24.0 Å². The van der Waals surface area contributed by atoms with Crippen LogP contribution in [0.3, 0.4) is 0 Å². The molecule has 2 aliphatic rings. The first kappa shape index (κ1) is 21.0. The molecule has 0 radical (unpaired) electrons. The van der Waals surface area contributed by atoms with Gasteiger partial charge < -0.3 is 9.64 Å². The molecule has 0 spiro atoms. The van der Waals surface area contributed by atoms with E-state index in [4.69, 9.17) is 4.74 Å². The van der Waals surface area contributed by atoms with Gasteiger partial charge in [-0.25, -0.2) is 0 Å². The Labute approximate surface area is 200 Å². The minimum absolute atomic E-state index is 0.266. The van der Waals surface area contributed by atoms with Gasteiger partial charge in [-0.1, -0.05) is 59.8 Å². The van der Waals surface area contributed by atoms with Crippen LogP contribution in [-0.4, -0.2) is 51.1 Å². The predicted molar refractivity (Wildman–Crippen MR) is 130 cm³/mol. The second-order valence-electron chi connectivity index (χ2n) is 8.66. The zero-order valence-electron chi connectivity index (χ0n) is 18.8. The number of hydrogen-bond donors (Lipinski definition) is 0. The second kappa shape index (κ2) is 8.05. The number of nitrogens with zero attached hydrogens (tertiary/aromatic N) is 5. The van der Waals surface area contributed by atoms with Gasteiger partial charge in [-0.15, -0.1) is 5.10 Å². The summed E-state index contributed by atoms with van der Waals surface area (Å²) >= 11 is 0. The number of nitro groups is 1. The molecule has 3 aromatic carbocycles. The normalized spacial score (nSPS) is 22.6. The van der Waals surface area contributed by atoms with Gasteiger partial charge in [-0.05, 0) is 41.5 Å². The molecular weight excluding hydrogens is 446 g/mol. The molecule has 4 atom stereocenters. The number of para-hydroxylation sites is 2. The van der Waals surface area contributed by atoms with E-state index >= 15 is 0 Å². The molecule has 4 aromatic rings. The Morgan fingerprint density at radius 2 is 1.77 bits per heavy atom. The van der Waals surface area contributed by atoms with Crippen LogP contribution in [-0.2, 0) is 0 Å². The summed E-state index contributed by atoms with van der Waals surface area (Å²) in [6.07, 6.45) is 3.73. The Balaban J connectivity index is 1.57. The quantitative estimate of drug-likeness (QED) is 0.332. The summed E-state index contributed by atoms with van der Waals surface area (Å²) in [5.41, 5.74) is 3.53. The molecule has 9 nitrogen and oxygen atoms in total. The van der Waals surface area contributed by atoms with Crippen LogP contribution in [0.1, 0.15) is 21.8 Å². The van der Waals surface area contributed by atoms with E-state index in [-0.39, 0.29) is 10.8 Å². The number of fused-ring (bicyclic) bond motifs is 4. The molecule has 1 fully saturated rings. The Kier molecular flexibility index (Phi) is 4.84. The number of anilines is 1. The highest BCUT2D eigenvalue weighted by atomic mass is 16.6. The minimum atomic E-state index is -1.04. The van der Waals surface area contributed by atoms with E-state index in [9.17, 15) is 14.9 Å². The number of rotatable bonds is 4. The summed E-state index contributed by atoms with van der Waals surface area (Å²) in [6.45, 7) is 0. The number of benzene rings is 3. The maximum atomic E-state index is 14.2. The van der Waals surface area contributed by atoms with Gasteiger partial charge in [-0.2, -0.15) is 4.68 Å². The molecule has 1 saturated heterocycles. The Bertz CT molecular complexity index is 1480. The van der Waals surface area contributed by atoms with Crippen LogP contribution in [0.4, 0.5) is 5.69 Å². The van der Waals surface area contributed by atoms with Crippen molar-refractivity contribution in [1.82, 2.24) is 15.0 Å². The Morgan fingerprint density at radius 1 is 1.03 bits per heavy atom. The van der Waals surface area contributed by atoms with Crippen LogP contribution in [0, 0.1) is 10.1 Å². The lowest BCUT2D eigenvalue weighted by molar-refractivity contribution is -0.524. The first-order valence-corrected chi connectivity index (χ1v) is 11.3. The molecule has 0 unspecified atom stereocenters. The van der Waals surface area contributed by atoms with Gasteiger partial charge in [0, 0.05) is 10.6 Å². The summed E-state index contributed by atoms with van der Waals surface area (Å²) in [5, 5.41) is 20.8. The van der Waals surface area contributed by atoms with E-state index in [0.29, 0.717) is 22.3 Å². The van der Waals surface area contributed by atoms with Gasteiger partial charge in [-0.3, -0.25) is 14.9 Å². The standard InChI is InChI=1S/C26H21N5O4/c1-35-18-13-10-17(11-14-18)23-24(31(33)34)22-15-12-16-6-2-4-8-20(16)29(22)25(23)26(32)30-21-9-5-3-7-19(21)27-28-30/h2-15,22-25H,1H3/t22-,23+,24-,25-/m0/s1. The van der Waals surface area contributed by atoms with Gasteiger partial charge >= 0.3 is 0 Å². The van der Waals surface area contributed by atoms with Crippen molar-refractivity contribution in [2.75, 3.05) is 12.0 Å². The Morgan fingerprint density at radius 3 is 2.54 bits per heavy atom. The molecule has 174 valence electrons. The highest BCUT2D eigenvalue weighted by Crippen LogP contribution is 2.46. The van der Waals surface area contributed by atoms with Crippen LogP contribution in [0.2, 0.25) is 0 Å². The third kappa shape index (κ3) is 3.19. The number of methoxy groups -OCH3 is 1. The van der Waals surface area contributed by atoms with Gasteiger partial charge in [0.05, 0.1) is 18.5 Å². The summed E-state index contributed by atoms with van der Waals surface area (Å²) in [6, 6.07) is 19.4. The summed E-state index contributed by atoms with van der Waals surface area (Å²) in [7, 11) is 1.56. The van der Waals surface area contributed by atoms with E-state index in [1.54, 1.807) is 43.5 Å². The molecule has 0 saturated carbocycles. The second-order valence-corrected chi connectivity index (χ2v) is 8.66. The fourth-order valence-corrected chi connectivity index (χ4v) is 5.40. The van der Waals surface area contributed by atoms with Gasteiger partial charge in [0.15, 0.2) is 0 Å². The fraction of sp³-hybridized carbons (Fsp3) is 0.192. The van der Waals surface area contributed by atoms with E-state index in [1.807, 2.05) is 53.5 Å². The maximum absolute atomic E-state index is 14.2. The molecule has 0 amide bonds. The van der Waals surface area contributed by atoms with Crippen molar-refractivity contribution in [3.8, 4) is 5.75 Å².